The van der Waals surface area contributed by atoms with E-state index < -0.39 is 0 Å². The highest BCUT2D eigenvalue weighted by Gasteiger charge is 2.23. The molecular formula is C25H24N4O. The number of fused-ring (bicyclic) bond motifs is 1. The first-order valence-electron chi connectivity index (χ1n) is 10.4. The van der Waals surface area contributed by atoms with Crippen LogP contribution >= 0.6 is 0 Å². The Hall–Kier alpha value is -3.60. The second-order valence-electron chi connectivity index (χ2n) is 7.68. The molecule has 1 aliphatic rings. The lowest BCUT2D eigenvalue weighted by molar-refractivity contribution is -0.120. The van der Waals surface area contributed by atoms with Crippen LogP contribution in [0.15, 0.2) is 79.1 Å². The van der Waals surface area contributed by atoms with Gasteiger partial charge in [0.05, 0.1) is 24.3 Å². The Morgan fingerprint density at radius 1 is 0.900 bits per heavy atom. The highest BCUT2D eigenvalue weighted by molar-refractivity contribution is 5.78. The predicted octanol–water partition coefficient (Wildman–Crippen LogP) is 4.01. The fourth-order valence-corrected chi connectivity index (χ4v) is 4.16. The van der Waals surface area contributed by atoms with Crippen molar-refractivity contribution in [2.24, 2.45) is 0 Å². The molecule has 1 N–H and O–H groups in total. The molecule has 0 bridgehead atoms. The van der Waals surface area contributed by atoms with E-state index in [-0.39, 0.29) is 5.91 Å². The number of aromatic nitrogens is 3. The molecular weight excluding hydrogens is 372 g/mol. The Bertz CT molecular complexity index is 1140. The van der Waals surface area contributed by atoms with Crippen LogP contribution in [0.25, 0.3) is 11.4 Å². The number of hydrogen-bond acceptors (Lipinski definition) is 2. The molecule has 150 valence electrons. The van der Waals surface area contributed by atoms with Crippen LogP contribution in [0.4, 0.5) is 0 Å². The summed E-state index contributed by atoms with van der Waals surface area (Å²) in [6.45, 7) is 0.475. The van der Waals surface area contributed by atoms with Gasteiger partial charge in [-0.25, -0.2) is 4.68 Å². The van der Waals surface area contributed by atoms with Crippen molar-refractivity contribution in [1.29, 1.82) is 0 Å². The van der Waals surface area contributed by atoms with E-state index in [4.69, 9.17) is 5.10 Å². The zero-order valence-electron chi connectivity index (χ0n) is 16.8. The van der Waals surface area contributed by atoms with Gasteiger partial charge in [0.25, 0.3) is 0 Å². The van der Waals surface area contributed by atoms with Gasteiger partial charge in [-0.2, -0.15) is 5.10 Å². The fraction of sp³-hybridized carbons (Fsp3) is 0.200. The van der Waals surface area contributed by atoms with Crippen molar-refractivity contribution in [3.63, 3.8) is 0 Å². The van der Waals surface area contributed by atoms with Crippen molar-refractivity contribution < 1.29 is 4.79 Å². The van der Waals surface area contributed by atoms with E-state index in [2.05, 4.69) is 17.4 Å². The molecule has 0 radical (unpaired) electrons. The number of carbonyl (C=O) groups is 1. The molecule has 5 heteroatoms. The lowest BCUT2D eigenvalue weighted by atomic mass is 10.1. The van der Waals surface area contributed by atoms with Crippen LogP contribution < -0.4 is 5.32 Å². The molecule has 30 heavy (non-hydrogen) atoms. The highest BCUT2D eigenvalue weighted by atomic mass is 16.1. The molecule has 0 aliphatic heterocycles. The molecule has 2 aromatic heterocycles. The maximum absolute atomic E-state index is 12.5. The van der Waals surface area contributed by atoms with Crippen LogP contribution in [0.3, 0.4) is 0 Å². The first-order chi connectivity index (χ1) is 14.8. The van der Waals surface area contributed by atoms with Gasteiger partial charge in [-0.15, -0.1) is 0 Å². The molecule has 0 saturated heterocycles. The van der Waals surface area contributed by atoms with Crippen molar-refractivity contribution in [3.05, 3.63) is 102 Å². The lowest BCUT2D eigenvalue weighted by Gasteiger charge is -2.07. The number of hydrogen-bond donors (Lipinski definition) is 1. The number of benzene rings is 2. The van der Waals surface area contributed by atoms with Gasteiger partial charge in [0, 0.05) is 23.8 Å². The van der Waals surface area contributed by atoms with Gasteiger partial charge >= 0.3 is 0 Å². The minimum atomic E-state index is 0.0183. The van der Waals surface area contributed by atoms with Crippen molar-refractivity contribution in [3.8, 4) is 11.4 Å². The summed E-state index contributed by atoms with van der Waals surface area (Å²) in [5.74, 6) is 0.0183. The topological polar surface area (TPSA) is 51.9 Å². The summed E-state index contributed by atoms with van der Waals surface area (Å²) in [5.41, 5.74) is 6.74. The largest absolute Gasteiger partial charge is 0.350 e. The van der Waals surface area contributed by atoms with Crippen molar-refractivity contribution in [1.82, 2.24) is 19.7 Å². The van der Waals surface area contributed by atoms with E-state index in [1.165, 1.54) is 11.3 Å². The van der Waals surface area contributed by atoms with E-state index in [9.17, 15) is 4.79 Å². The van der Waals surface area contributed by atoms with Crippen LogP contribution in [-0.2, 0) is 30.6 Å². The van der Waals surface area contributed by atoms with Crippen LogP contribution in [-0.4, -0.2) is 20.3 Å². The first-order valence-corrected chi connectivity index (χ1v) is 10.4. The number of rotatable bonds is 6. The second-order valence-corrected chi connectivity index (χ2v) is 7.68. The quantitative estimate of drug-likeness (QED) is 0.535. The first kappa shape index (κ1) is 18.4. The highest BCUT2D eigenvalue weighted by Crippen LogP contribution is 2.27. The van der Waals surface area contributed by atoms with Gasteiger partial charge in [0.15, 0.2) is 0 Å². The summed E-state index contributed by atoms with van der Waals surface area (Å²) in [6.07, 6.45) is 7.61. The fourth-order valence-electron chi connectivity index (χ4n) is 4.16. The summed E-state index contributed by atoms with van der Waals surface area (Å²) < 4.78 is 4.09. The molecule has 0 saturated carbocycles. The van der Waals surface area contributed by atoms with Gasteiger partial charge in [-0.3, -0.25) is 4.79 Å². The van der Waals surface area contributed by atoms with Gasteiger partial charge in [-0.05, 0) is 66.8 Å². The Balaban J connectivity index is 1.25. The molecule has 4 aromatic rings. The van der Waals surface area contributed by atoms with E-state index in [1.54, 1.807) is 0 Å². The zero-order chi connectivity index (χ0) is 20.3. The van der Waals surface area contributed by atoms with E-state index in [0.717, 1.165) is 41.9 Å². The number of nitrogens with zero attached hydrogens (tertiary/aromatic N) is 3. The second kappa shape index (κ2) is 8.03. The van der Waals surface area contributed by atoms with Crippen molar-refractivity contribution in [2.75, 3.05) is 0 Å². The molecule has 2 heterocycles. The van der Waals surface area contributed by atoms with Crippen LogP contribution in [0.5, 0.6) is 0 Å². The Kier molecular flexibility index (Phi) is 4.93. The molecule has 1 aliphatic carbocycles. The minimum absolute atomic E-state index is 0.0183. The third-order valence-electron chi connectivity index (χ3n) is 5.67. The summed E-state index contributed by atoms with van der Waals surface area (Å²) in [7, 11) is 0. The van der Waals surface area contributed by atoms with Crippen LogP contribution in [0, 0.1) is 0 Å². The van der Waals surface area contributed by atoms with Gasteiger partial charge in [0.2, 0.25) is 5.91 Å². The van der Waals surface area contributed by atoms with Gasteiger partial charge in [-0.1, -0.05) is 30.3 Å². The summed E-state index contributed by atoms with van der Waals surface area (Å²) in [6, 6.07) is 22.3. The smallest absolute Gasteiger partial charge is 0.224 e. The SMILES string of the molecule is O=C(Cc1ccc(-n2cccc2)cc1)NCc1nn(-c2ccccc2)c2c1CCC2. The number of nitrogens with one attached hydrogen (secondary N) is 1. The maximum atomic E-state index is 12.5. The average molecular weight is 396 g/mol. The summed E-state index contributed by atoms with van der Waals surface area (Å²) in [5, 5.41) is 7.88. The molecule has 0 unspecified atom stereocenters. The Morgan fingerprint density at radius 2 is 1.67 bits per heavy atom. The van der Waals surface area contributed by atoms with E-state index >= 15 is 0 Å². The molecule has 5 rings (SSSR count). The molecule has 2 aromatic carbocycles. The molecule has 0 atom stereocenters. The normalized spacial score (nSPS) is 12.7. The zero-order valence-corrected chi connectivity index (χ0v) is 16.8. The van der Waals surface area contributed by atoms with Crippen LogP contribution in [0.2, 0.25) is 0 Å². The number of carbonyl (C=O) groups excluding carboxylic acids is 1. The van der Waals surface area contributed by atoms with Crippen molar-refractivity contribution >= 4 is 5.91 Å². The molecule has 1 amide bonds. The molecule has 5 nitrogen and oxygen atoms in total. The number of amides is 1. The summed E-state index contributed by atoms with van der Waals surface area (Å²) >= 11 is 0. The Morgan fingerprint density at radius 3 is 2.43 bits per heavy atom. The van der Waals surface area contributed by atoms with Gasteiger partial charge < -0.3 is 9.88 Å². The number of para-hydroxylation sites is 1. The monoisotopic (exact) mass is 396 g/mol. The van der Waals surface area contributed by atoms with E-state index in [0.29, 0.717) is 13.0 Å². The minimum Gasteiger partial charge on any atom is -0.350 e. The van der Waals surface area contributed by atoms with E-state index in [1.807, 2.05) is 76.2 Å². The average Bonchev–Trinajstić information content (AvgIpc) is 3.52. The maximum Gasteiger partial charge on any atom is 0.224 e. The molecule has 0 fully saturated rings. The molecule has 0 spiro atoms. The third kappa shape index (κ3) is 3.66. The standard InChI is InChI=1S/C25H24N4O/c30-25(17-19-11-13-20(14-12-19)28-15-4-5-16-28)26-18-23-22-9-6-10-24(22)29(27-23)21-7-2-1-3-8-21/h1-5,7-8,11-16H,6,9-10,17-18H2,(H,26,30). The third-order valence-corrected chi connectivity index (χ3v) is 5.67. The van der Waals surface area contributed by atoms with Gasteiger partial charge in [0.1, 0.15) is 0 Å². The lowest BCUT2D eigenvalue weighted by Crippen LogP contribution is -2.25. The predicted molar refractivity (Wildman–Crippen MR) is 117 cm³/mol. The van der Waals surface area contributed by atoms with Crippen LogP contribution in [0.1, 0.15) is 28.9 Å². The summed E-state index contributed by atoms with van der Waals surface area (Å²) in [4.78, 5) is 12.5. The Labute approximate surface area is 176 Å². The van der Waals surface area contributed by atoms with Crippen molar-refractivity contribution in [2.45, 2.75) is 32.2 Å².